The van der Waals surface area contributed by atoms with Gasteiger partial charge in [-0.3, -0.25) is 10.1 Å². The summed E-state index contributed by atoms with van der Waals surface area (Å²) in [6.45, 7) is 0. The lowest BCUT2D eigenvalue weighted by Crippen LogP contribution is -2.22. The second kappa shape index (κ2) is 6.67. The third-order valence-corrected chi connectivity index (χ3v) is 5.24. The Balaban J connectivity index is 1.89. The van der Waals surface area contributed by atoms with Crippen LogP contribution in [0.5, 0.6) is 5.75 Å². The molecule has 5 rings (SSSR count). The molecule has 31 heavy (non-hydrogen) atoms. The third kappa shape index (κ3) is 2.78. The molecule has 0 saturated heterocycles. The van der Waals surface area contributed by atoms with E-state index in [1.807, 2.05) is 24.3 Å². The number of hydrogen-bond acceptors (Lipinski definition) is 8. The topological polar surface area (TPSA) is 154 Å². The summed E-state index contributed by atoms with van der Waals surface area (Å²) >= 11 is 0. The molecule has 0 spiro atoms. The highest BCUT2D eigenvalue weighted by Gasteiger charge is 2.35. The normalized spacial score (nSPS) is 15.4. The number of nitro benzene ring substituents is 1. The number of nitrogens with zero attached hydrogens (tertiary/aromatic N) is 4. The number of anilines is 1. The fourth-order valence-corrected chi connectivity index (χ4v) is 3.89. The molecule has 150 valence electrons. The fraction of sp³-hybridized carbons (Fsp3) is 0.0455. The third-order valence-electron chi connectivity index (χ3n) is 5.24. The van der Waals surface area contributed by atoms with Crippen molar-refractivity contribution in [3.8, 4) is 11.8 Å². The quantitative estimate of drug-likeness (QED) is 0.220. The van der Waals surface area contributed by atoms with Crippen LogP contribution in [0.15, 0.2) is 66.1 Å². The minimum absolute atomic E-state index is 0.105. The highest BCUT2D eigenvalue weighted by atomic mass is 16.6. The molecule has 1 aromatic heterocycles. The van der Waals surface area contributed by atoms with Crippen molar-refractivity contribution in [3.05, 3.63) is 87.3 Å². The molecule has 3 aromatic carbocycles. The van der Waals surface area contributed by atoms with Gasteiger partial charge < -0.3 is 16.2 Å². The van der Waals surface area contributed by atoms with Crippen LogP contribution in [0, 0.1) is 21.4 Å². The van der Waals surface area contributed by atoms with E-state index in [4.69, 9.17) is 21.2 Å². The van der Waals surface area contributed by atoms with Gasteiger partial charge in [0, 0.05) is 17.7 Å². The molecule has 2 heterocycles. The average molecular weight is 410 g/mol. The molecule has 0 amide bonds. The van der Waals surface area contributed by atoms with Gasteiger partial charge in [-0.25, -0.2) is 9.97 Å². The van der Waals surface area contributed by atoms with Crippen LogP contribution in [0.3, 0.4) is 0 Å². The zero-order valence-electron chi connectivity index (χ0n) is 15.9. The molecule has 9 nitrogen and oxygen atoms in total. The molecule has 0 radical (unpaired) electrons. The summed E-state index contributed by atoms with van der Waals surface area (Å²) in [5.41, 5.74) is 15.9. The molecule has 0 saturated carbocycles. The second-order valence-corrected chi connectivity index (χ2v) is 7.07. The highest BCUT2D eigenvalue weighted by molar-refractivity contribution is 5.94. The van der Waals surface area contributed by atoms with Crippen LogP contribution < -0.4 is 16.2 Å². The number of benzene rings is 3. The van der Waals surface area contributed by atoms with Crippen molar-refractivity contribution in [3.63, 3.8) is 0 Å². The maximum atomic E-state index is 11.3. The van der Waals surface area contributed by atoms with Crippen molar-refractivity contribution < 1.29 is 9.66 Å². The first-order valence-corrected chi connectivity index (χ1v) is 9.28. The van der Waals surface area contributed by atoms with Gasteiger partial charge in [0.25, 0.3) is 5.69 Å². The lowest BCUT2D eigenvalue weighted by Gasteiger charge is -2.28. The molecule has 4 aromatic rings. The Bertz CT molecular complexity index is 1490. The summed E-state index contributed by atoms with van der Waals surface area (Å²) in [6.07, 6.45) is 0. The van der Waals surface area contributed by atoms with Crippen molar-refractivity contribution in [2.45, 2.75) is 5.92 Å². The van der Waals surface area contributed by atoms with Crippen molar-refractivity contribution >= 4 is 33.4 Å². The number of hydrogen-bond donors (Lipinski definition) is 2. The number of ether oxygens (including phenoxy) is 1. The lowest BCUT2D eigenvalue weighted by atomic mass is 9.82. The van der Waals surface area contributed by atoms with Gasteiger partial charge in [0.05, 0.1) is 38.6 Å². The summed E-state index contributed by atoms with van der Waals surface area (Å²) in [5, 5.41) is 21.2. The SMILES string of the molecule is N#CC1=C(N)Oc2c(N)cc3nc4ccccc4nc3c2C1c1cccc([N+](=O)[O-])c1. The number of nitrogen functional groups attached to an aromatic ring is 1. The highest BCUT2D eigenvalue weighted by Crippen LogP contribution is 2.48. The molecule has 9 heteroatoms. The molecule has 1 aliphatic rings. The van der Waals surface area contributed by atoms with Gasteiger partial charge in [-0.15, -0.1) is 0 Å². The van der Waals surface area contributed by atoms with Crippen LogP contribution in [0.1, 0.15) is 17.0 Å². The monoisotopic (exact) mass is 410 g/mol. The Morgan fingerprint density at radius 3 is 2.48 bits per heavy atom. The zero-order chi connectivity index (χ0) is 21.7. The molecule has 0 fully saturated rings. The number of nitriles is 1. The summed E-state index contributed by atoms with van der Waals surface area (Å²) in [7, 11) is 0. The molecule has 0 bridgehead atoms. The summed E-state index contributed by atoms with van der Waals surface area (Å²) in [6, 6.07) is 17.1. The predicted octanol–water partition coefficient (Wildman–Crippen LogP) is 3.49. The van der Waals surface area contributed by atoms with E-state index in [0.717, 1.165) is 0 Å². The van der Waals surface area contributed by atoms with Gasteiger partial charge in [-0.2, -0.15) is 5.26 Å². The first-order chi connectivity index (χ1) is 15.0. The van der Waals surface area contributed by atoms with Crippen LogP contribution in [0.4, 0.5) is 11.4 Å². The van der Waals surface area contributed by atoms with Crippen LogP contribution >= 0.6 is 0 Å². The van der Waals surface area contributed by atoms with Gasteiger partial charge >= 0.3 is 0 Å². The van der Waals surface area contributed by atoms with Crippen LogP contribution in [0.25, 0.3) is 22.1 Å². The number of nitrogens with two attached hydrogens (primary N) is 2. The van der Waals surface area contributed by atoms with E-state index < -0.39 is 10.8 Å². The average Bonchev–Trinajstić information content (AvgIpc) is 2.77. The van der Waals surface area contributed by atoms with Gasteiger partial charge in [-0.05, 0) is 23.8 Å². The Labute approximate surface area is 175 Å². The van der Waals surface area contributed by atoms with E-state index in [0.29, 0.717) is 33.2 Å². The number of allylic oxidation sites excluding steroid dienone is 1. The standard InChI is InChI=1S/C22H14N6O3/c23-10-13-18(11-4-3-5-12(8-11)28(29)30)19-20-17(9-14(24)21(19)31-22(13)25)26-15-6-1-2-7-16(15)27-20/h1-9,18H,24-25H2. The maximum absolute atomic E-state index is 11.3. The maximum Gasteiger partial charge on any atom is 0.269 e. The molecular formula is C22H14N6O3. The molecule has 1 aliphatic heterocycles. The largest absolute Gasteiger partial charge is 0.438 e. The minimum atomic E-state index is -0.755. The van der Waals surface area contributed by atoms with E-state index in [-0.39, 0.29) is 28.6 Å². The number of nitro groups is 1. The number of non-ortho nitro benzene ring substituents is 1. The Hall–Kier alpha value is -4.71. The van der Waals surface area contributed by atoms with E-state index in [1.54, 1.807) is 18.2 Å². The smallest absolute Gasteiger partial charge is 0.269 e. The van der Waals surface area contributed by atoms with Crippen molar-refractivity contribution in [2.24, 2.45) is 5.73 Å². The molecular weight excluding hydrogens is 396 g/mol. The molecule has 1 unspecified atom stereocenters. The van der Waals surface area contributed by atoms with Crippen molar-refractivity contribution in [1.29, 1.82) is 5.26 Å². The molecule has 1 atom stereocenters. The first-order valence-electron chi connectivity index (χ1n) is 9.28. The fourth-order valence-electron chi connectivity index (χ4n) is 3.89. The van der Waals surface area contributed by atoms with E-state index >= 15 is 0 Å². The zero-order valence-corrected chi connectivity index (χ0v) is 15.9. The first kappa shape index (κ1) is 18.3. The summed E-state index contributed by atoms with van der Waals surface area (Å²) in [4.78, 5) is 20.3. The minimum Gasteiger partial charge on any atom is -0.438 e. The van der Waals surface area contributed by atoms with Gasteiger partial charge in [0.15, 0.2) is 5.75 Å². The van der Waals surface area contributed by atoms with Crippen LogP contribution in [-0.4, -0.2) is 14.9 Å². The number of rotatable bonds is 2. The predicted molar refractivity (Wildman–Crippen MR) is 114 cm³/mol. The van der Waals surface area contributed by atoms with Gasteiger partial charge in [0.2, 0.25) is 5.88 Å². The Morgan fingerprint density at radius 1 is 1.03 bits per heavy atom. The summed E-state index contributed by atoms with van der Waals surface area (Å²) in [5.74, 6) is -0.591. The molecule has 0 aliphatic carbocycles. The lowest BCUT2D eigenvalue weighted by molar-refractivity contribution is -0.384. The molecule has 4 N–H and O–H groups in total. The van der Waals surface area contributed by atoms with Crippen LogP contribution in [-0.2, 0) is 0 Å². The summed E-state index contributed by atoms with van der Waals surface area (Å²) < 4.78 is 5.72. The van der Waals surface area contributed by atoms with E-state index in [9.17, 15) is 15.4 Å². The van der Waals surface area contributed by atoms with E-state index in [2.05, 4.69) is 11.1 Å². The second-order valence-electron chi connectivity index (χ2n) is 7.07. The number of fused-ring (bicyclic) bond motifs is 4. The Kier molecular flexibility index (Phi) is 3.94. The van der Waals surface area contributed by atoms with Crippen molar-refractivity contribution in [1.82, 2.24) is 9.97 Å². The van der Waals surface area contributed by atoms with Crippen molar-refractivity contribution in [2.75, 3.05) is 5.73 Å². The number of aromatic nitrogens is 2. The number of para-hydroxylation sites is 2. The van der Waals surface area contributed by atoms with E-state index in [1.165, 1.54) is 12.1 Å². The van der Waals surface area contributed by atoms with Gasteiger partial charge in [0.1, 0.15) is 11.6 Å². The van der Waals surface area contributed by atoms with Crippen LogP contribution in [0.2, 0.25) is 0 Å². The Morgan fingerprint density at radius 2 is 1.77 bits per heavy atom. The van der Waals surface area contributed by atoms with Gasteiger partial charge in [-0.1, -0.05) is 24.3 Å².